The lowest BCUT2D eigenvalue weighted by molar-refractivity contribution is -0.134. The maximum Gasteiger partial charge on any atom is 0.322 e. The maximum absolute atomic E-state index is 10.4. The summed E-state index contributed by atoms with van der Waals surface area (Å²) in [6, 6.07) is 5.46. The number of carboxylic acid groups (broad SMARTS) is 1. The minimum atomic E-state index is -0.940. The average Bonchev–Trinajstić information content (AvgIpc) is 2.44. The van der Waals surface area contributed by atoms with Gasteiger partial charge >= 0.3 is 5.97 Å². The summed E-state index contributed by atoms with van der Waals surface area (Å²) in [4.78, 5) is 22.4. The highest BCUT2D eigenvalue weighted by Crippen LogP contribution is 2.09. The lowest BCUT2D eigenvalue weighted by atomic mass is 10.3. The van der Waals surface area contributed by atoms with Gasteiger partial charge in [0.15, 0.2) is 0 Å². The zero-order valence-electron chi connectivity index (χ0n) is 10.1. The van der Waals surface area contributed by atoms with E-state index in [9.17, 15) is 4.79 Å². The molecule has 0 aliphatic rings. The number of rotatable bonds is 6. The van der Waals surface area contributed by atoms with E-state index in [1.807, 2.05) is 12.1 Å². The summed E-state index contributed by atoms with van der Waals surface area (Å²) in [6.45, 7) is 0.429. The van der Waals surface area contributed by atoms with Crippen molar-refractivity contribution < 1.29 is 9.90 Å². The van der Waals surface area contributed by atoms with Crippen molar-refractivity contribution in [2.75, 3.05) is 17.2 Å². The van der Waals surface area contributed by atoms with Gasteiger partial charge in [0, 0.05) is 25.0 Å². The predicted octanol–water partition coefficient (Wildman–Crippen LogP) is 0.980. The van der Waals surface area contributed by atoms with Crippen molar-refractivity contribution in [3.8, 4) is 0 Å². The van der Waals surface area contributed by atoms with Crippen LogP contribution in [0.2, 0.25) is 0 Å². The molecule has 19 heavy (non-hydrogen) atoms. The molecule has 7 nitrogen and oxygen atoms in total. The molecule has 2 aromatic heterocycles. The van der Waals surface area contributed by atoms with E-state index in [2.05, 4.69) is 25.6 Å². The molecule has 2 aromatic rings. The van der Waals surface area contributed by atoms with Crippen molar-refractivity contribution in [1.29, 1.82) is 0 Å². The molecule has 0 amide bonds. The molecule has 0 saturated heterocycles. The van der Waals surface area contributed by atoms with Crippen LogP contribution in [-0.2, 0) is 11.3 Å². The van der Waals surface area contributed by atoms with Crippen LogP contribution in [0.5, 0.6) is 0 Å². The second-order valence-electron chi connectivity index (χ2n) is 3.74. The first-order valence-corrected chi connectivity index (χ1v) is 5.64. The number of hydrogen-bond acceptors (Lipinski definition) is 6. The summed E-state index contributed by atoms with van der Waals surface area (Å²) in [6.07, 6.45) is 4.81. The molecular formula is C12H13N5O2. The van der Waals surface area contributed by atoms with Crippen LogP contribution in [0.25, 0.3) is 0 Å². The van der Waals surface area contributed by atoms with E-state index < -0.39 is 5.97 Å². The van der Waals surface area contributed by atoms with E-state index in [1.54, 1.807) is 18.5 Å². The van der Waals surface area contributed by atoms with Gasteiger partial charge in [-0.2, -0.15) is 0 Å². The highest BCUT2D eigenvalue weighted by Gasteiger charge is 2.01. The van der Waals surface area contributed by atoms with Crippen molar-refractivity contribution >= 4 is 17.6 Å². The summed E-state index contributed by atoms with van der Waals surface area (Å²) >= 11 is 0. The Morgan fingerprint density at radius 3 is 2.53 bits per heavy atom. The molecule has 0 aliphatic carbocycles. The Hall–Kier alpha value is -2.70. The largest absolute Gasteiger partial charge is 0.480 e. The van der Waals surface area contributed by atoms with Gasteiger partial charge in [0.05, 0.1) is 0 Å². The van der Waals surface area contributed by atoms with Gasteiger partial charge in [0.2, 0.25) is 0 Å². The molecule has 0 unspecified atom stereocenters. The number of pyridine rings is 1. The first kappa shape index (κ1) is 12.7. The molecule has 0 radical (unpaired) electrons. The topological polar surface area (TPSA) is 100 Å². The Kier molecular flexibility index (Phi) is 4.22. The number of aliphatic carboxylic acids is 1. The second kappa shape index (κ2) is 6.29. The zero-order valence-corrected chi connectivity index (χ0v) is 10.1. The molecule has 0 bridgehead atoms. The van der Waals surface area contributed by atoms with Crippen molar-refractivity contribution in [1.82, 2.24) is 15.0 Å². The van der Waals surface area contributed by atoms with Crippen LogP contribution >= 0.6 is 0 Å². The molecule has 2 rings (SSSR count). The molecule has 0 spiro atoms. The van der Waals surface area contributed by atoms with Gasteiger partial charge in [-0.25, -0.2) is 9.97 Å². The first-order chi connectivity index (χ1) is 9.24. The van der Waals surface area contributed by atoms with E-state index in [1.165, 1.54) is 6.33 Å². The Morgan fingerprint density at radius 1 is 1.16 bits per heavy atom. The van der Waals surface area contributed by atoms with Crippen molar-refractivity contribution in [2.45, 2.75) is 6.54 Å². The molecule has 0 aromatic carbocycles. The summed E-state index contributed by atoms with van der Waals surface area (Å²) in [5.41, 5.74) is 1.08. The molecule has 0 aliphatic heterocycles. The fourth-order valence-corrected chi connectivity index (χ4v) is 1.41. The number of carbonyl (C=O) groups is 1. The number of hydrogen-bond donors (Lipinski definition) is 3. The lowest BCUT2D eigenvalue weighted by Crippen LogP contribution is -2.13. The van der Waals surface area contributed by atoms with E-state index in [-0.39, 0.29) is 6.54 Å². The number of carboxylic acids is 1. The van der Waals surface area contributed by atoms with Crippen LogP contribution in [-0.4, -0.2) is 32.6 Å². The summed E-state index contributed by atoms with van der Waals surface area (Å²) in [5.74, 6) is 0.152. The van der Waals surface area contributed by atoms with Gasteiger partial charge in [-0.1, -0.05) is 0 Å². The van der Waals surface area contributed by atoms with Gasteiger partial charge in [-0.3, -0.25) is 9.78 Å². The molecule has 3 N–H and O–H groups in total. The van der Waals surface area contributed by atoms with E-state index in [0.29, 0.717) is 18.2 Å². The molecule has 0 saturated carbocycles. The van der Waals surface area contributed by atoms with Gasteiger partial charge in [0.1, 0.15) is 24.5 Å². The zero-order chi connectivity index (χ0) is 13.5. The quantitative estimate of drug-likeness (QED) is 0.711. The van der Waals surface area contributed by atoms with Gasteiger partial charge in [-0.05, 0) is 17.7 Å². The maximum atomic E-state index is 10.4. The molecule has 7 heteroatoms. The summed E-state index contributed by atoms with van der Waals surface area (Å²) in [5, 5.41) is 14.4. The standard InChI is InChI=1S/C12H13N5O2/c18-12(19)7-15-11-5-10(16-8-17-11)14-6-9-1-3-13-4-2-9/h1-5,8H,6-7H2,(H,18,19)(H2,14,15,16,17). The monoisotopic (exact) mass is 259 g/mol. The second-order valence-corrected chi connectivity index (χ2v) is 3.74. The molecule has 0 atom stereocenters. The smallest absolute Gasteiger partial charge is 0.322 e. The van der Waals surface area contributed by atoms with Gasteiger partial charge in [-0.15, -0.1) is 0 Å². The molecule has 0 fully saturated rings. The van der Waals surface area contributed by atoms with Crippen LogP contribution in [0.3, 0.4) is 0 Å². The van der Waals surface area contributed by atoms with Crippen LogP contribution in [0.15, 0.2) is 36.9 Å². The van der Waals surface area contributed by atoms with Crippen molar-refractivity contribution in [3.63, 3.8) is 0 Å². The highest BCUT2D eigenvalue weighted by molar-refractivity contribution is 5.72. The number of nitrogens with one attached hydrogen (secondary N) is 2. The van der Waals surface area contributed by atoms with Gasteiger partial charge < -0.3 is 15.7 Å². The van der Waals surface area contributed by atoms with Crippen LogP contribution in [0.4, 0.5) is 11.6 Å². The van der Waals surface area contributed by atoms with Crippen LogP contribution < -0.4 is 10.6 Å². The molecular weight excluding hydrogens is 246 g/mol. The Bertz CT molecular complexity index is 547. The van der Waals surface area contributed by atoms with Crippen molar-refractivity contribution in [2.24, 2.45) is 0 Å². The summed E-state index contributed by atoms with van der Waals surface area (Å²) < 4.78 is 0. The first-order valence-electron chi connectivity index (χ1n) is 5.64. The third-order valence-electron chi connectivity index (χ3n) is 2.31. The average molecular weight is 259 g/mol. The Labute approximate surface area is 109 Å². The van der Waals surface area contributed by atoms with Crippen LogP contribution in [0.1, 0.15) is 5.56 Å². The van der Waals surface area contributed by atoms with E-state index >= 15 is 0 Å². The predicted molar refractivity (Wildman–Crippen MR) is 69.7 cm³/mol. The molecule has 2 heterocycles. The fourth-order valence-electron chi connectivity index (χ4n) is 1.41. The third-order valence-corrected chi connectivity index (χ3v) is 2.31. The van der Waals surface area contributed by atoms with Crippen LogP contribution in [0, 0.1) is 0 Å². The fraction of sp³-hybridized carbons (Fsp3) is 0.167. The lowest BCUT2D eigenvalue weighted by Gasteiger charge is -2.07. The number of aromatic nitrogens is 3. The number of nitrogens with zero attached hydrogens (tertiary/aromatic N) is 3. The summed E-state index contributed by atoms with van der Waals surface area (Å²) in [7, 11) is 0. The Balaban J connectivity index is 1.93. The number of anilines is 2. The minimum absolute atomic E-state index is 0.180. The highest BCUT2D eigenvalue weighted by atomic mass is 16.4. The SMILES string of the molecule is O=C(O)CNc1cc(NCc2ccncc2)ncn1. The Morgan fingerprint density at radius 2 is 1.84 bits per heavy atom. The van der Waals surface area contributed by atoms with Crippen molar-refractivity contribution in [3.05, 3.63) is 42.5 Å². The molecule has 98 valence electrons. The van der Waals surface area contributed by atoms with Gasteiger partial charge in [0.25, 0.3) is 0 Å². The third kappa shape index (κ3) is 4.23. The van der Waals surface area contributed by atoms with E-state index in [4.69, 9.17) is 5.11 Å². The minimum Gasteiger partial charge on any atom is -0.480 e. The normalized spacial score (nSPS) is 9.89. The van der Waals surface area contributed by atoms with E-state index in [0.717, 1.165) is 5.56 Å².